The van der Waals surface area contributed by atoms with Crippen molar-refractivity contribution in [1.29, 1.82) is 0 Å². The van der Waals surface area contributed by atoms with Gasteiger partial charge in [-0.25, -0.2) is 4.39 Å². The number of carbonyl (C=O) groups excluding carboxylic acids is 3. The second-order valence-corrected chi connectivity index (χ2v) is 8.54. The topological polar surface area (TPSA) is 78.5 Å². The van der Waals surface area contributed by atoms with Gasteiger partial charge in [-0.3, -0.25) is 14.4 Å². The van der Waals surface area contributed by atoms with E-state index >= 15 is 0 Å². The van der Waals surface area contributed by atoms with Crippen molar-refractivity contribution in [2.45, 2.75) is 19.9 Å². The Labute approximate surface area is 201 Å². The molecule has 1 saturated heterocycles. The van der Waals surface area contributed by atoms with Crippen LogP contribution < -0.4 is 15.5 Å². The molecule has 4 rings (SSSR count). The largest absolute Gasteiger partial charge is 0.348 e. The van der Waals surface area contributed by atoms with E-state index in [9.17, 15) is 18.8 Å². The molecule has 0 unspecified atom stereocenters. The molecule has 3 aromatic rings. The van der Waals surface area contributed by atoms with Gasteiger partial charge >= 0.3 is 0 Å². The molecule has 0 spiro atoms. The Bertz CT molecular complexity index is 1250. The van der Waals surface area contributed by atoms with E-state index < -0.39 is 5.92 Å². The van der Waals surface area contributed by atoms with Gasteiger partial charge in [0.05, 0.1) is 17.2 Å². The zero-order chi connectivity index (χ0) is 24.2. The van der Waals surface area contributed by atoms with Crippen LogP contribution in [0.4, 0.5) is 15.8 Å². The van der Waals surface area contributed by atoms with Gasteiger partial charge in [0.2, 0.25) is 11.8 Å². The van der Waals surface area contributed by atoms with Gasteiger partial charge in [0.25, 0.3) is 5.91 Å². The summed E-state index contributed by atoms with van der Waals surface area (Å²) in [6.07, 6.45) is 0.0662. The van der Waals surface area contributed by atoms with E-state index in [0.29, 0.717) is 22.0 Å². The zero-order valence-electron chi connectivity index (χ0n) is 18.5. The molecule has 1 aliphatic heterocycles. The fourth-order valence-electron chi connectivity index (χ4n) is 3.91. The normalized spacial score (nSPS) is 15.3. The lowest BCUT2D eigenvalue weighted by Crippen LogP contribution is -2.29. The number of carbonyl (C=O) groups is 3. The van der Waals surface area contributed by atoms with Crippen molar-refractivity contribution in [3.05, 3.63) is 94.3 Å². The second-order valence-electron chi connectivity index (χ2n) is 8.13. The summed E-state index contributed by atoms with van der Waals surface area (Å²) in [6.45, 7) is 2.27. The smallest absolute Gasteiger partial charge is 0.253 e. The van der Waals surface area contributed by atoms with Gasteiger partial charge in [0.15, 0.2) is 0 Å². The first-order chi connectivity index (χ1) is 16.3. The molecule has 8 heteroatoms. The summed E-state index contributed by atoms with van der Waals surface area (Å²) in [7, 11) is 0. The molecule has 0 bridgehead atoms. The number of nitrogens with zero attached hydrogens (tertiary/aromatic N) is 1. The average molecular weight is 480 g/mol. The first-order valence-corrected chi connectivity index (χ1v) is 11.2. The SMILES string of the molecule is Cc1c(Cl)cccc1N1C[C@H](C(=O)Nc2ccccc2C(=O)NCc2ccc(F)cc2)CC1=O. The third-order valence-corrected chi connectivity index (χ3v) is 6.23. The predicted molar refractivity (Wildman–Crippen MR) is 129 cm³/mol. The number of para-hydroxylation sites is 1. The highest BCUT2D eigenvalue weighted by Gasteiger charge is 2.36. The molecule has 0 aliphatic carbocycles. The summed E-state index contributed by atoms with van der Waals surface area (Å²) >= 11 is 6.19. The molecular weight excluding hydrogens is 457 g/mol. The molecule has 174 valence electrons. The Morgan fingerprint density at radius 1 is 1.06 bits per heavy atom. The highest BCUT2D eigenvalue weighted by molar-refractivity contribution is 6.31. The van der Waals surface area contributed by atoms with Crippen LogP contribution in [0.2, 0.25) is 5.02 Å². The van der Waals surface area contributed by atoms with Gasteiger partial charge in [0.1, 0.15) is 5.82 Å². The van der Waals surface area contributed by atoms with Gasteiger partial charge in [-0.05, 0) is 54.4 Å². The fraction of sp³-hybridized carbons (Fsp3) is 0.192. The van der Waals surface area contributed by atoms with E-state index in [1.165, 1.54) is 12.1 Å². The quantitative estimate of drug-likeness (QED) is 0.537. The van der Waals surface area contributed by atoms with Gasteiger partial charge in [-0.1, -0.05) is 41.9 Å². The number of hydrogen-bond donors (Lipinski definition) is 2. The minimum absolute atomic E-state index is 0.0662. The maximum absolute atomic E-state index is 13.1. The first kappa shape index (κ1) is 23.4. The maximum atomic E-state index is 13.1. The van der Waals surface area contributed by atoms with Crippen LogP contribution in [0.25, 0.3) is 0 Å². The molecule has 0 saturated carbocycles. The number of halogens is 2. The van der Waals surface area contributed by atoms with Crippen LogP contribution in [0.15, 0.2) is 66.7 Å². The molecule has 1 fully saturated rings. The van der Waals surface area contributed by atoms with Crippen LogP contribution in [-0.4, -0.2) is 24.3 Å². The highest BCUT2D eigenvalue weighted by Crippen LogP contribution is 2.32. The fourth-order valence-corrected chi connectivity index (χ4v) is 4.08. The van der Waals surface area contributed by atoms with E-state index in [1.54, 1.807) is 59.5 Å². The van der Waals surface area contributed by atoms with Gasteiger partial charge in [-0.2, -0.15) is 0 Å². The monoisotopic (exact) mass is 479 g/mol. The summed E-state index contributed by atoms with van der Waals surface area (Å²) in [6, 6.07) is 17.8. The third-order valence-electron chi connectivity index (χ3n) is 5.82. The summed E-state index contributed by atoms with van der Waals surface area (Å²) in [4.78, 5) is 40.0. The molecule has 34 heavy (non-hydrogen) atoms. The average Bonchev–Trinajstić information content (AvgIpc) is 3.22. The molecule has 3 amide bonds. The van der Waals surface area contributed by atoms with Crippen molar-refractivity contribution in [3.8, 4) is 0 Å². The number of amides is 3. The molecule has 1 atom stereocenters. The molecule has 2 N–H and O–H groups in total. The zero-order valence-corrected chi connectivity index (χ0v) is 19.2. The Balaban J connectivity index is 1.43. The van der Waals surface area contributed by atoms with E-state index in [4.69, 9.17) is 11.6 Å². The molecule has 3 aromatic carbocycles. The molecule has 0 radical (unpaired) electrons. The van der Waals surface area contributed by atoms with E-state index in [-0.39, 0.29) is 43.0 Å². The third kappa shape index (κ3) is 5.10. The van der Waals surface area contributed by atoms with Crippen molar-refractivity contribution in [1.82, 2.24) is 5.32 Å². The Morgan fingerprint density at radius 2 is 1.79 bits per heavy atom. The van der Waals surface area contributed by atoms with E-state index in [1.807, 2.05) is 6.92 Å². The van der Waals surface area contributed by atoms with Gasteiger partial charge in [-0.15, -0.1) is 0 Å². The Morgan fingerprint density at radius 3 is 2.56 bits per heavy atom. The number of rotatable bonds is 6. The van der Waals surface area contributed by atoms with Crippen molar-refractivity contribution in [3.63, 3.8) is 0 Å². The summed E-state index contributed by atoms with van der Waals surface area (Å²) in [5, 5.41) is 6.14. The number of benzene rings is 3. The Hall–Kier alpha value is -3.71. The highest BCUT2D eigenvalue weighted by atomic mass is 35.5. The number of anilines is 2. The summed E-state index contributed by atoms with van der Waals surface area (Å²) < 4.78 is 13.1. The van der Waals surface area contributed by atoms with Crippen LogP contribution in [0, 0.1) is 18.7 Å². The molecule has 1 heterocycles. The van der Waals surface area contributed by atoms with E-state index in [2.05, 4.69) is 10.6 Å². The van der Waals surface area contributed by atoms with Crippen molar-refractivity contribution in [2.24, 2.45) is 5.92 Å². The summed E-state index contributed by atoms with van der Waals surface area (Å²) in [5.41, 5.74) is 2.87. The minimum Gasteiger partial charge on any atom is -0.348 e. The Kier molecular flexibility index (Phi) is 6.93. The standard InChI is InChI=1S/C26H23ClFN3O3/c1-16-21(27)6-4-8-23(16)31-15-18(13-24(31)32)25(33)30-22-7-3-2-5-20(22)26(34)29-14-17-9-11-19(28)12-10-17/h2-12,18H,13-15H2,1H3,(H,29,34)(H,30,33)/t18-/m1/s1. The molecule has 1 aliphatic rings. The molecule has 0 aromatic heterocycles. The van der Waals surface area contributed by atoms with Crippen molar-refractivity contribution < 1.29 is 18.8 Å². The number of hydrogen-bond acceptors (Lipinski definition) is 3. The second kappa shape index (κ2) is 10.1. The van der Waals surface area contributed by atoms with Gasteiger partial charge in [0, 0.05) is 30.2 Å². The summed E-state index contributed by atoms with van der Waals surface area (Å²) in [5.74, 6) is -1.79. The number of nitrogens with one attached hydrogen (secondary N) is 2. The lowest BCUT2D eigenvalue weighted by molar-refractivity contribution is -0.122. The lowest BCUT2D eigenvalue weighted by atomic mass is 10.1. The van der Waals surface area contributed by atoms with Gasteiger partial charge < -0.3 is 15.5 Å². The molecular formula is C26H23ClFN3O3. The van der Waals surface area contributed by atoms with Crippen LogP contribution in [0.3, 0.4) is 0 Å². The minimum atomic E-state index is -0.568. The first-order valence-electron chi connectivity index (χ1n) is 10.8. The van der Waals surface area contributed by atoms with Crippen molar-refractivity contribution >= 4 is 40.7 Å². The van der Waals surface area contributed by atoms with E-state index in [0.717, 1.165) is 11.1 Å². The van der Waals surface area contributed by atoms with Crippen molar-refractivity contribution in [2.75, 3.05) is 16.8 Å². The van der Waals surface area contributed by atoms with Crippen LogP contribution in [0.1, 0.15) is 27.9 Å². The van der Waals surface area contributed by atoms with Crippen LogP contribution >= 0.6 is 11.6 Å². The predicted octanol–water partition coefficient (Wildman–Crippen LogP) is 4.71. The van der Waals surface area contributed by atoms with Crippen LogP contribution in [0.5, 0.6) is 0 Å². The maximum Gasteiger partial charge on any atom is 0.253 e. The lowest BCUT2D eigenvalue weighted by Gasteiger charge is -2.20. The molecule has 6 nitrogen and oxygen atoms in total. The van der Waals surface area contributed by atoms with Crippen LogP contribution in [-0.2, 0) is 16.1 Å².